The Bertz CT molecular complexity index is 577. The average molecular weight is 505 g/mol. The molecule has 0 aromatic heterocycles. The normalized spacial score (nSPS) is 16.4. The lowest BCUT2D eigenvalue weighted by atomic mass is 9.67. The van der Waals surface area contributed by atoms with Crippen LogP contribution in [0.3, 0.4) is 0 Å². The van der Waals surface area contributed by atoms with Crippen molar-refractivity contribution in [2.45, 2.75) is 45.6 Å². The fourth-order valence-corrected chi connectivity index (χ4v) is 3.24. The van der Waals surface area contributed by atoms with E-state index in [0.29, 0.717) is 12.0 Å². The highest BCUT2D eigenvalue weighted by Gasteiger charge is 2.36. The summed E-state index contributed by atoms with van der Waals surface area (Å²) >= 11 is 0. The van der Waals surface area contributed by atoms with E-state index in [0.717, 1.165) is 43.6 Å². The van der Waals surface area contributed by atoms with Gasteiger partial charge in [0.2, 0.25) is 0 Å². The summed E-state index contributed by atoms with van der Waals surface area (Å²) in [4.78, 5) is 4.83. The van der Waals surface area contributed by atoms with Crippen LogP contribution in [0, 0.1) is 5.41 Å². The van der Waals surface area contributed by atoms with E-state index in [-0.39, 0.29) is 30.1 Å². The van der Waals surface area contributed by atoms with Crippen molar-refractivity contribution in [2.75, 3.05) is 40.5 Å². The SMILES string of the molecule is CCNC(=NCC1(CCOC)CCC1)NCC(C)Oc1ccc(OC)cc1.I. The quantitative estimate of drug-likeness (QED) is 0.272. The van der Waals surface area contributed by atoms with Crippen LogP contribution >= 0.6 is 24.0 Å². The van der Waals surface area contributed by atoms with Crippen molar-refractivity contribution < 1.29 is 14.2 Å². The van der Waals surface area contributed by atoms with Gasteiger partial charge in [-0.25, -0.2) is 0 Å². The van der Waals surface area contributed by atoms with E-state index in [1.807, 2.05) is 31.2 Å². The summed E-state index contributed by atoms with van der Waals surface area (Å²) in [6, 6.07) is 7.65. The Morgan fingerprint density at radius 3 is 2.36 bits per heavy atom. The van der Waals surface area contributed by atoms with Crippen LogP contribution in [0.1, 0.15) is 39.5 Å². The Labute approximate surface area is 186 Å². The summed E-state index contributed by atoms with van der Waals surface area (Å²) in [6.07, 6.45) is 4.90. The number of rotatable bonds is 11. The van der Waals surface area contributed by atoms with E-state index in [1.165, 1.54) is 19.3 Å². The number of benzene rings is 1. The van der Waals surface area contributed by atoms with Crippen molar-refractivity contribution in [3.63, 3.8) is 0 Å². The van der Waals surface area contributed by atoms with Crippen LogP contribution in [0.2, 0.25) is 0 Å². The average Bonchev–Trinajstić information content (AvgIpc) is 2.65. The maximum Gasteiger partial charge on any atom is 0.191 e. The molecular weight excluding hydrogens is 469 g/mol. The number of nitrogens with one attached hydrogen (secondary N) is 2. The fourth-order valence-electron chi connectivity index (χ4n) is 3.24. The highest BCUT2D eigenvalue weighted by Crippen LogP contribution is 2.44. The third-order valence-corrected chi connectivity index (χ3v) is 5.12. The van der Waals surface area contributed by atoms with Gasteiger partial charge in [-0.3, -0.25) is 4.99 Å². The predicted octanol–water partition coefficient (Wildman–Crippen LogP) is 3.84. The van der Waals surface area contributed by atoms with Crippen molar-refractivity contribution >= 4 is 29.9 Å². The first-order chi connectivity index (χ1) is 13.1. The number of hydrogen-bond acceptors (Lipinski definition) is 4. The lowest BCUT2D eigenvalue weighted by molar-refractivity contribution is 0.0778. The number of aliphatic imine (C=N–C) groups is 1. The van der Waals surface area contributed by atoms with Crippen molar-refractivity contribution in [1.82, 2.24) is 10.6 Å². The minimum atomic E-state index is 0. The molecule has 0 heterocycles. The summed E-state index contributed by atoms with van der Waals surface area (Å²) in [5, 5.41) is 6.73. The van der Waals surface area contributed by atoms with Gasteiger partial charge in [0.05, 0.1) is 13.7 Å². The van der Waals surface area contributed by atoms with Crippen LogP contribution in [-0.4, -0.2) is 52.5 Å². The van der Waals surface area contributed by atoms with Gasteiger partial charge in [0.15, 0.2) is 5.96 Å². The summed E-state index contributed by atoms with van der Waals surface area (Å²) in [6.45, 7) is 7.31. The van der Waals surface area contributed by atoms with Crippen LogP contribution in [-0.2, 0) is 4.74 Å². The Morgan fingerprint density at radius 2 is 1.82 bits per heavy atom. The van der Waals surface area contributed by atoms with Gasteiger partial charge in [-0.2, -0.15) is 0 Å². The van der Waals surface area contributed by atoms with E-state index in [4.69, 9.17) is 19.2 Å². The minimum absolute atomic E-state index is 0. The first-order valence-electron chi connectivity index (χ1n) is 9.92. The van der Waals surface area contributed by atoms with Crippen LogP contribution in [0.25, 0.3) is 0 Å². The molecule has 1 saturated carbocycles. The van der Waals surface area contributed by atoms with Crippen LogP contribution in [0.4, 0.5) is 0 Å². The predicted molar refractivity (Wildman–Crippen MR) is 125 cm³/mol. The zero-order valence-electron chi connectivity index (χ0n) is 17.6. The molecule has 28 heavy (non-hydrogen) atoms. The number of methoxy groups -OCH3 is 2. The molecule has 1 aromatic carbocycles. The molecule has 1 aliphatic rings. The van der Waals surface area contributed by atoms with E-state index in [1.54, 1.807) is 14.2 Å². The van der Waals surface area contributed by atoms with Crippen molar-refractivity contribution in [3.05, 3.63) is 24.3 Å². The molecule has 160 valence electrons. The van der Waals surface area contributed by atoms with E-state index in [9.17, 15) is 0 Å². The summed E-state index contributed by atoms with van der Waals surface area (Å²) < 4.78 is 16.4. The molecule has 7 heteroatoms. The lowest BCUT2D eigenvalue weighted by Crippen LogP contribution is -2.43. The monoisotopic (exact) mass is 505 g/mol. The number of guanidine groups is 1. The minimum Gasteiger partial charge on any atom is -0.497 e. The maximum absolute atomic E-state index is 5.96. The Morgan fingerprint density at radius 1 is 1.14 bits per heavy atom. The molecule has 0 saturated heterocycles. The maximum atomic E-state index is 5.96. The Hall–Kier alpha value is -1.22. The first kappa shape index (κ1) is 24.8. The largest absolute Gasteiger partial charge is 0.497 e. The second kappa shape index (κ2) is 13.1. The smallest absolute Gasteiger partial charge is 0.191 e. The molecule has 0 spiro atoms. The molecule has 0 aliphatic heterocycles. The third-order valence-electron chi connectivity index (χ3n) is 5.12. The third kappa shape index (κ3) is 8.03. The molecule has 1 aliphatic carbocycles. The van der Waals surface area contributed by atoms with Gasteiger partial charge < -0.3 is 24.8 Å². The molecule has 1 unspecified atom stereocenters. The molecule has 2 N–H and O–H groups in total. The van der Waals surface area contributed by atoms with Crippen molar-refractivity contribution in [2.24, 2.45) is 10.4 Å². The highest BCUT2D eigenvalue weighted by molar-refractivity contribution is 14.0. The second-order valence-corrected chi connectivity index (χ2v) is 7.28. The van der Waals surface area contributed by atoms with Gasteiger partial charge in [-0.1, -0.05) is 6.42 Å². The molecule has 0 radical (unpaired) electrons. The van der Waals surface area contributed by atoms with Gasteiger partial charge in [0.25, 0.3) is 0 Å². The van der Waals surface area contributed by atoms with Gasteiger partial charge in [-0.15, -0.1) is 24.0 Å². The molecule has 0 bridgehead atoms. The molecule has 0 amide bonds. The first-order valence-corrected chi connectivity index (χ1v) is 9.92. The molecule has 1 fully saturated rings. The van der Waals surface area contributed by atoms with Crippen LogP contribution in [0.15, 0.2) is 29.3 Å². The Balaban J connectivity index is 0.00000392. The van der Waals surface area contributed by atoms with Crippen LogP contribution < -0.4 is 20.1 Å². The van der Waals surface area contributed by atoms with E-state index in [2.05, 4.69) is 17.6 Å². The molecule has 2 rings (SSSR count). The number of ether oxygens (including phenoxy) is 3. The summed E-state index contributed by atoms with van der Waals surface area (Å²) in [5.41, 5.74) is 0.323. The zero-order valence-corrected chi connectivity index (χ0v) is 20.0. The molecule has 1 aromatic rings. The van der Waals surface area contributed by atoms with Crippen molar-refractivity contribution in [1.29, 1.82) is 0 Å². The van der Waals surface area contributed by atoms with E-state index < -0.39 is 0 Å². The van der Waals surface area contributed by atoms with Gasteiger partial charge in [-0.05, 0) is 62.8 Å². The summed E-state index contributed by atoms with van der Waals surface area (Å²) in [5.74, 6) is 2.51. The number of nitrogens with zero attached hydrogens (tertiary/aromatic N) is 1. The van der Waals surface area contributed by atoms with Gasteiger partial charge in [0, 0.05) is 26.8 Å². The second-order valence-electron chi connectivity index (χ2n) is 7.28. The standard InChI is InChI=1S/C21H35N3O3.HI/c1-5-22-20(24-16-21(11-6-12-21)13-14-25-3)23-15-17(2)27-19-9-7-18(26-4)8-10-19;/h7-10,17H,5-6,11-16H2,1-4H3,(H2,22,23,24);1H. The summed E-state index contributed by atoms with van der Waals surface area (Å²) in [7, 11) is 3.43. The van der Waals surface area contributed by atoms with Gasteiger partial charge >= 0.3 is 0 Å². The molecular formula is C21H36IN3O3. The van der Waals surface area contributed by atoms with E-state index >= 15 is 0 Å². The lowest BCUT2D eigenvalue weighted by Gasteiger charge is -2.40. The van der Waals surface area contributed by atoms with Crippen molar-refractivity contribution in [3.8, 4) is 11.5 Å². The number of hydrogen-bond donors (Lipinski definition) is 2. The Kier molecular flexibility index (Phi) is 11.6. The molecule has 6 nitrogen and oxygen atoms in total. The fraction of sp³-hybridized carbons (Fsp3) is 0.667. The van der Waals surface area contributed by atoms with Gasteiger partial charge in [0.1, 0.15) is 17.6 Å². The zero-order chi connectivity index (χ0) is 19.5. The highest BCUT2D eigenvalue weighted by atomic mass is 127. The number of halogens is 1. The van der Waals surface area contributed by atoms with Crippen LogP contribution in [0.5, 0.6) is 11.5 Å². The topological polar surface area (TPSA) is 64.1 Å². The molecule has 1 atom stereocenters.